The molecule has 1 aromatic carbocycles. The Morgan fingerprint density at radius 2 is 2.04 bits per heavy atom. The number of thiophene rings is 1. The van der Waals surface area contributed by atoms with Crippen LogP contribution in [0.15, 0.2) is 54.9 Å². The van der Waals surface area contributed by atoms with Gasteiger partial charge in [0.25, 0.3) is 5.91 Å². The van der Waals surface area contributed by atoms with Gasteiger partial charge in [-0.3, -0.25) is 9.78 Å². The van der Waals surface area contributed by atoms with Gasteiger partial charge in [0.2, 0.25) is 0 Å². The van der Waals surface area contributed by atoms with Crippen LogP contribution in [0.1, 0.15) is 21.3 Å². The third-order valence-corrected chi connectivity index (χ3v) is 5.17. The maximum atomic E-state index is 12.8. The smallest absolute Gasteiger partial charge is 0.264 e. The van der Waals surface area contributed by atoms with Crippen molar-refractivity contribution in [3.8, 4) is 0 Å². The van der Waals surface area contributed by atoms with Crippen molar-refractivity contribution in [3.05, 3.63) is 65.3 Å². The van der Waals surface area contributed by atoms with Gasteiger partial charge in [-0.15, -0.1) is 11.3 Å². The van der Waals surface area contributed by atoms with Gasteiger partial charge in [0.15, 0.2) is 0 Å². The van der Waals surface area contributed by atoms with Crippen LogP contribution in [-0.2, 0) is 4.74 Å². The molecule has 0 saturated carbocycles. The van der Waals surface area contributed by atoms with E-state index in [2.05, 4.69) is 11.1 Å². The number of benzene rings is 1. The highest BCUT2D eigenvalue weighted by Crippen LogP contribution is 2.28. The molecule has 3 heterocycles. The molecule has 0 spiro atoms. The summed E-state index contributed by atoms with van der Waals surface area (Å²) in [6.45, 7) is 1.77. The van der Waals surface area contributed by atoms with E-state index >= 15 is 0 Å². The van der Waals surface area contributed by atoms with E-state index in [9.17, 15) is 4.79 Å². The van der Waals surface area contributed by atoms with E-state index in [4.69, 9.17) is 4.74 Å². The average Bonchev–Trinajstić information content (AvgIpc) is 3.06. The first-order chi connectivity index (χ1) is 11.3. The maximum absolute atomic E-state index is 12.8. The monoisotopic (exact) mass is 324 g/mol. The Balaban J connectivity index is 1.56. The molecule has 5 heteroatoms. The zero-order valence-corrected chi connectivity index (χ0v) is 13.3. The van der Waals surface area contributed by atoms with Gasteiger partial charge in [-0.1, -0.05) is 18.2 Å². The van der Waals surface area contributed by atoms with Crippen LogP contribution in [0.3, 0.4) is 0 Å². The normalized spacial score (nSPS) is 18.3. The van der Waals surface area contributed by atoms with Gasteiger partial charge >= 0.3 is 0 Å². The van der Waals surface area contributed by atoms with E-state index in [0.717, 1.165) is 20.5 Å². The minimum atomic E-state index is -0.0786. The molecule has 1 atom stereocenters. The summed E-state index contributed by atoms with van der Waals surface area (Å²) in [5.41, 5.74) is 1.06. The van der Waals surface area contributed by atoms with Crippen molar-refractivity contribution in [2.45, 2.75) is 6.10 Å². The van der Waals surface area contributed by atoms with E-state index in [1.807, 2.05) is 41.3 Å². The molecule has 0 N–H and O–H groups in total. The molecule has 3 aromatic rings. The number of rotatable bonds is 2. The van der Waals surface area contributed by atoms with Crippen LogP contribution in [0.4, 0.5) is 0 Å². The molecule has 1 amide bonds. The van der Waals surface area contributed by atoms with Crippen LogP contribution < -0.4 is 0 Å². The Labute approximate surface area is 138 Å². The van der Waals surface area contributed by atoms with Crippen LogP contribution in [0, 0.1) is 0 Å². The predicted octanol–water partition coefficient (Wildman–Crippen LogP) is 3.51. The fraction of sp³-hybridized carbons (Fsp3) is 0.222. The highest BCUT2D eigenvalue weighted by Gasteiger charge is 2.27. The van der Waals surface area contributed by atoms with Crippen LogP contribution >= 0.6 is 11.3 Å². The number of pyridine rings is 1. The SMILES string of the molecule is O=C(c1cc2ccccc2s1)N1CCO[C@H](c2ccncc2)C1. The number of amides is 1. The zero-order valence-electron chi connectivity index (χ0n) is 12.5. The van der Waals surface area contributed by atoms with Gasteiger partial charge in [-0.05, 0) is 35.2 Å². The lowest BCUT2D eigenvalue weighted by Crippen LogP contribution is -2.42. The van der Waals surface area contributed by atoms with Gasteiger partial charge in [0.05, 0.1) is 18.0 Å². The number of carbonyl (C=O) groups excluding carboxylic acids is 1. The Bertz CT molecular complexity index is 798. The van der Waals surface area contributed by atoms with Crippen molar-refractivity contribution >= 4 is 27.3 Å². The molecule has 0 radical (unpaired) electrons. The predicted molar refractivity (Wildman–Crippen MR) is 90.7 cm³/mol. The van der Waals surface area contributed by atoms with Crippen molar-refractivity contribution < 1.29 is 9.53 Å². The maximum Gasteiger partial charge on any atom is 0.264 e. The summed E-state index contributed by atoms with van der Waals surface area (Å²) in [5, 5.41) is 1.12. The molecule has 1 aliphatic rings. The van der Waals surface area contributed by atoms with Crippen molar-refractivity contribution in [1.82, 2.24) is 9.88 Å². The second-order valence-electron chi connectivity index (χ2n) is 5.54. The minimum absolute atomic E-state index is 0.0786. The number of fused-ring (bicyclic) bond motifs is 1. The van der Waals surface area contributed by atoms with Crippen molar-refractivity contribution in [3.63, 3.8) is 0 Å². The highest BCUT2D eigenvalue weighted by molar-refractivity contribution is 7.20. The molecule has 4 rings (SSSR count). The number of ether oxygens (including phenoxy) is 1. The van der Waals surface area contributed by atoms with E-state index in [1.54, 1.807) is 23.7 Å². The van der Waals surface area contributed by atoms with E-state index in [-0.39, 0.29) is 12.0 Å². The average molecular weight is 324 g/mol. The second-order valence-corrected chi connectivity index (χ2v) is 6.62. The Hall–Kier alpha value is -2.24. The highest BCUT2D eigenvalue weighted by atomic mass is 32.1. The molecular weight excluding hydrogens is 308 g/mol. The first-order valence-corrected chi connectivity index (χ1v) is 8.42. The molecule has 2 aromatic heterocycles. The largest absolute Gasteiger partial charge is 0.370 e. The number of carbonyl (C=O) groups is 1. The van der Waals surface area contributed by atoms with E-state index in [1.165, 1.54) is 0 Å². The Morgan fingerprint density at radius 1 is 1.22 bits per heavy atom. The summed E-state index contributed by atoms with van der Waals surface area (Å²) in [6.07, 6.45) is 3.43. The second kappa shape index (κ2) is 6.10. The third-order valence-electron chi connectivity index (χ3n) is 4.07. The number of hydrogen-bond donors (Lipinski definition) is 0. The summed E-state index contributed by atoms with van der Waals surface area (Å²) < 4.78 is 6.97. The molecule has 1 aliphatic heterocycles. The first kappa shape index (κ1) is 14.4. The van der Waals surface area contributed by atoms with Crippen molar-refractivity contribution in [2.24, 2.45) is 0 Å². The Morgan fingerprint density at radius 3 is 2.87 bits per heavy atom. The molecule has 4 nitrogen and oxygen atoms in total. The summed E-state index contributed by atoms with van der Waals surface area (Å²) in [7, 11) is 0. The molecule has 1 fully saturated rings. The molecule has 116 valence electrons. The van der Waals surface area contributed by atoms with Crippen molar-refractivity contribution in [1.29, 1.82) is 0 Å². The molecule has 1 saturated heterocycles. The first-order valence-electron chi connectivity index (χ1n) is 7.60. The van der Waals surface area contributed by atoms with Gasteiger partial charge in [0.1, 0.15) is 6.10 Å². The third kappa shape index (κ3) is 2.85. The zero-order chi connectivity index (χ0) is 15.6. The fourth-order valence-electron chi connectivity index (χ4n) is 2.86. The molecular formula is C18H16N2O2S. The Kier molecular flexibility index (Phi) is 3.81. The number of morpholine rings is 1. The number of aromatic nitrogens is 1. The van der Waals surface area contributed by atoms with Gasteiger partial charge in [-0.25, -0.2) is 0 Å². The summed E-state index contributed by atoms with van der Waals surface area (Å²) in [4.78, 5) is 19.5. The van der Waals surface area contributed by atoms with E-state index < -0.39 is 0 Å². The van der Waals surface area contributed by atoms with Gasteiger partial charge in [0, 0.05) is 23.6 Å². The lowest BCUT2D eigenvalue weighted by atomic mass is 10.1. The van der Waals surface area contributed by atoms with Gasteiger partial charge in [-0.2, -0.15) is 0 Å². The topological polar surface area (TPSA) is 42.4 Å². The fourth-order valence-corrected chi connectivity index (χ4v) is 3.89. The minimum Gasteiger partial charge on any atom is -0.370 e. The van der Waals surface area contributed by atoms with Crippen LogP contribution in [0.5, 0.6) is 0 Å². The van der Waals surface area contributed by atoms with Crippen LogP contribution in [-0.4, -0.2) is 35.5 Å². The summed E-state index contributed by atoms with van der Waals surface area (Å²) >= 11 is 1.55. The van der Waals surface area contributed by atoms with Crippen LogP contribution in [0.25, 0.3) is 10.1 Å². The number of nitrogens with zero attached hydrogens (tertiary/aromatic N) is 2. The van der Waals surface area contributed by atoms with Crippen molar-refractivity contribution in [2.75, 3.05) is 19.7 Å². The molecule has 23 heavy (non-hydrogen) atoms. The molecule has 0 bridgehead atoms. The van der Waals surface area contributed by atoms with Gasteiger partial charge < -0.3 is 9.64 Å². The standard InChI is InChI=1S/C18H16N2O2S/c21-18(17-11-14-3-1-2-4-16(14)23-17)20-9-10-22-15(12-20)13-5-7-19-8-6-13/h1-8,11,15H,9-10,12H2/t15-/m0/s1. The summed E-state index contributed by atoms with van der Waals surface area (Å²) in [6, 6.07) is 14.0. The summed E-state index contributed by atoms with van der Waals surface area (Å²) in [5.74, 6) is 0.0913. The molecule has 0 unspecified atom stereocenters. The van der Waals surface area contributed by atoms with Crippen LogP contribution in [0.2, 0.25) is 0 Å². The quantitative estimate of drug-likeness (QED) is 0.724. The van der Waals surface area contributed by atoms with E-state index in [0.29, 0.717) is 19.7 Å². The lowest BCUT2D eigenvalue weighted by molar-refractivity contribution is -0.0226. The number of hydrogen-bond acceptors (Lipinski definition) is 4. The molecule has 0 aliphatic carbocycles. The lowest BCUT2D eigenvalue weighted by Gasteiger charge is -2.32.